The molecule has 2 aliphatic carbocycles. The average Bonchev–Trinajstić information content (AvgIpc) is 2.79. The minimum atomic E-state index is 0.551. The van der Waals surface area contributed by atoms with Crippen LogP contribution in [0.1, 0.15) is 32.1 Å². The van der Waals surface area contributed by atoms with Crippen LogP contribution in [-0.2, 0) is 4.74 Å². The fraction of sp³-hybridized carbons (Fsp3) is 1.00. The lowest BCUT2D eigenvalue weighted by atomic mass is 9.82. The van der Waals surface area contributed by atoms with Crippen LogP contribution in [0, 0.1) is 11.3 Å². The van der Waals surface area contributed by atoms with Crippen LogP contribution in [0.25, 0.3) is 0 Å². The van der Waals surface area contributed by atoms with E-state index in [2.05, 4.69) is 12.4 Å². The zero-order chi connectivity index (χ0) is 9.31. The van der Waals surface area contributed by atoms with Crippen molar-refractivity contribution in [2.75, 3.05) is 20.7 Å². The molecule has 2 fully saturated rings. The zero-order valence-electron chi connectivity index (χ0n) is 8.81. The first-order valence-corrected chi connectivity index (χ1v) is 5.48. The molecule has 1 N–H and O–H groups in total. The van der Waals surface area contributed by atoms with E-state index in [0.717, 1.165) is 5.92 Å². The van der Waals surface area contributed by atoms with Crippen molar-refractivity contribution in [3.63, 3.8) is 0 Å². The van der Waals surface area contributed by atoms with Gasteiger partial charge >= 0.3 is 0 Å². The minimum absolute atomic E-state index is 0.551. The summed E-state index contributed by atoms with van der Waals surface area (Å²) in [5.41, 5.74) is 0.682. The van der Waals surface area contributed by atoms with Crippen LogP contribution in [0.5, 0.6) is 0 Å². The smallest absolute Gasteiger partial charge is 0.0576 e. The zero-order valence-corrected chi connectivity index (χ0v) is 8.81. The molecule has 0 aromatic rings. The van der Waals surface area contributed by atoms with Crippen molar-refractivity contribution < 1.29 is 4.74 Å². The Morgan fingerprint density at radius 3 is 3.00 bits per heavy atom. The van der Waals surface area contributed by atoms with Gasteiger partial charge in [0.2, 0.25) is 0 Å². The van der Waals surface area contributed by atoms with Gasteiger partial charge in [-0.15, -0.1) is 0 Å². The predicted molar refractivity (Wildman–Crippen MR) is 53.7 cm³/mol. The van der Waals surface area contributed by atoms with Crippen LogP contribution in [0.4, 0.5) is 0 Å². The summed E-state index contributed by atoms with van der Waals surface area (Å²) in [4.78, 5) is 0. The summed E-state index contributed by atoms with van der Waals surface area (Å²) < 4.78 is 5.47. The van der Waals surface area contributed by atoms with Gasteiger partial charge in [0, 0.05) is 7.11 Å². The molecule has 1 spiro atoms. The largest absolute Gasteiger partial charge is 0.381 e. The quantitative estimate of drug-likeness (QED) is 0.720. The lowest BCUT2D eigenvalue weighted by Crippen LogP contribution is -2.26. The second kappa shape index (κ2) is 3.58. The molecule has 3 unspecified atom stereocenters. The molecule has 0 saturated heterocycles. The van der Waals surface area contributed by atoms with Crippen LogP contribution in [-0.4, -0.2) is 26.8 Å². The summed E-state index contributed by atoms with van der Waals surface area (Å²) in [5.74, 6) is 0.940. The maximum absolute atomic E-state index is 5.47. The molecule has 2 heteroatoms. The van der Waals surface area contributed by atoms with Crippen molar-refractivity contribution in [3.8, 4) is 0 Å². The Bertz CT molecular complexity index is 183. The first-order valence-electron chi connectivity index (χ1n) is 5.48. The van der Waals surface area contributed by atoms with Gasteiger partial charge in [-0.25, -0.2) is 0 Å². The summed E-state index contributed by atoms with van der Waals surface area (Å²) in [6.07, 6.45) is 7.40. The van der Waals surface area contributed by atoms with Crippen LogP contribution in [0.15, 0.2) is 0 Å². The molecule has 0 heterocycles. The summed E-state index contributed by atoms with van der Waals surface area (Å²) >= 11 is 0. The molecular formula is C11H21NO. The number of hydrogen-bond acceptors (Lipinski definition) is 2. The van der Waals surface area contributed by atoms with Crippen molar-refractivity contribution in [1.82, 2.24) is 5.32 Å². The lowest BCUT2D eigenvalue weighted by molar-refractivity contribution is 0.0405. The Hall–Kier alpha value is -0.0800. The third kappa shape index (κ3) is 1.75. The van der Waals surface area contributed by atoms with Crippen LogP contribution in [0.3, 0.4) is 0 Å². The van der Waals surface area contributed by atoms with E-state index in [9.17, 15) is 0 Å². The summed E-state index contributed by atoms with van der Waals surface area (Å²) in [6, 6.07) is 0. The molecule has 0 radical (unpaired) electrons. The van der Waals surface area contributed by atoms with Crippen molar-refractivity contribution in [2.45, 2.75) is 38.2 Å². The molecule has 0 amide bonds. The number of nitrogens with one attached hydrogen (secondary N) is 1. The lowest BCUT2D eigenvalue weighted by Gasteiger charge is -2.29. The van der Waals surface area contributed by atoms with Gasteiger partial charge in [-0.2, -0.15) is 0 Å². The molecule has 13 heavy (non-hydrogen) atoms. The topological polar surface area (TPSA) is 21.3 Å². The van der Waals surface area contributed by atoms with Gasteiger partial charge in [-0.1, -0.05) is 6.42 Å². The maximum Gasteiger partial charge on any atom is 0.0576 e. The van der Waals surface area contributed by atoms with E-state index in [1.165, 1.54) is 38.6 Å². The van der Waals surface area contributed by atoms with E-state index in [4.69, 9.17) is 4.74 Å². The molecule has 2 nitrogen and oxygen atoms in total. The van der Waals surface area contributed by atoms with E-state index in [0.29, 0.717) is 11.5 Å². The maximum atomic E-state index is 5.47. The van der Waals surface area contributed by atoms with Crippen LogP contribution < -0.4 is 5.32 Å². The normalized spacial score (nSPS) is 43.8. The third-order valence-corrected chi connectivity index (χ3v) is 3.98. The number of rotatable bonds is 3. The number of methoxy groups -OCH3 is 1. The highest BCUT2D eigenvalue weighted by atomic mass is 16.5. The minimum Gasteiger partial charge on any atom is -0.381 e. The number of hydrogen-bond donors (Lipinski definition) is 1. The van der Waals surface area contributed by atoms with E-state index < -0.39 is 0 Å². The summed E-state index contributed by atoms with van der Waals surface area (Å²) in [7, 11) is 3.92. The molecule has 0 bridgehead atoms. The van der Waals surface area contributed by atoms with Crippen molar-refractivity contribution >= 4 is 0 Å². The molecule has 2 aliphatic rings. The Morgan fingerprint density at radius 1 is 1.46 bits per heavy atom. The van der Waals surface area contributed by atoms with Gasteiger partial charge in [0.15, 0.2) is 0 Å². The standard InChI is InChI=1S/C11H21NO/c1-12-8-9-6-11(9)5-3-4-10(7-11)13-2/h9-10,12H,3-8H2,1-2H3. The fourth-order valence-corrected chi connectivity index (χ4v) is 3.06. The molecule has 0 aliphatic heterocycles. The SMILES string of the molecule is CNCC1CC12CCCC(OC)C2. The second-order valence-corrected chi connectivity index (χ2v) is 4.78. The highest BCUT2D eigenvalue weighted by molar-refractivity contribution is 5.05. The molecule has 3 atom stereocenters. The molecule has 0 aromatic carbocycles. The van der Waals surface area contributed by atoms with Gasteiger partial charge < -0.3 is 10.1 Å². The van der Waals surface area contributed by atoms with Gasteiger partial charge in [-0.05, 0) is 50.6 Å². The van der Waals surface area contributed by atoms with Gasteiger partial charge in [-0.3, -0.25) is 0 Å². The van der Waals surface area contributed by atoms with E-state index in [1.807, 2.05) is 7.11 Å². The first-order chi connectivity index (χ1) is 6.30. The van der Waals surface area contributed by atoms with Crippen LogP contribution in [0.2, 0.25) is 0 Å². The van der Waals surface area contributed by atoms with E-state index in [1.54, 1.807) is 0 Å². The van der Waals surface area contributed by atoms with Crippen LogP contribution >= 0.6 is 0 Å². The van der Waals surface area contributed by atoms with Crippen molar-refractivity contribution in [3.05, 3.63) is 0 Å². The predicted octanol–water partition coefficient (Wildman–Crippen LogP) is 1.80. The molecule has 76 valence electrons. The Labute approximate surface area is 81.0 Å². The first kappa shape index (κ1) is 9.47. The Balaban J connectivity index is 1.87. The molecular weight excluding hydrogens is 162 g/mol. The summed E-state index contributed by atoms with van der Waals surface area (Å²) in [6.45, 7) is 1.20. The third-order valence-electron chi connectivity index (χ3n) is 3.98. The monoisotopic (exact) mass is 183 g/mol. The molecule has 2 rings (SSSR count). The average molecular weight is 183 g/mol. The van der Waals surface area contributed by atoms with Gasteiger partial charge in [0.05, 0.1) is 6.10 Å². The molecule has 0 aromatic heterocycles. The summed E-state index contributed by atoms with van der Waals surface area (Å²) in [5, 5.41) is 3.29. The van der Waals surface area contributed by atoms with E-state index >= 15 is 0 Å². The fourth-order valence-electron chi connectivity index (χ4n) is 3.06. The highest BCUT2D eigenvalue weighted by Crippen LogP contribution is 2.61. The van der Waals surface area contributed by atoms with E-state index in [-0.39, 0.29) is 0 Å². The second-order valence-electron chi connectivity index (χ2n) is 4.78. The Kier molecular flexibility index (Phi) is 2.61. The number of ether oxygens (including phenoxy) is 1. The highest BCUT2D eigenvalue weighted by Gasteiger charge is 2.54. The van der Waals surface area contributed by atoms with Crippen molar-refractivity contribution in [2.24, 2.45) is 11.3 Å². The van der Waals surface area contributed by atoms with Gasteiger partial charge in [0.1, 0.15) is 0 Å². The van der Waals surface area contributed by atoms with Crippen molar-refractivity contribution in [1.29, 1.82) is 0 Å². The molecule has 2 saturated carbocycles. The van der Waals surface area contributed by atoms with Gasteiger partial charge in [0.25, 0.3) is 0 Å². The Morgan fingerprint density at radius 2 is 2.31 bits per heavy atom.